The van der Waals surface area contributed by atoms with E-state index in [2.05, 4.69) is 41.7 Å². The molecule has 2 aromatic carbocycles. The topological polar surface area (TPSA) is 129 Å². The van der Waals surface area contributed by atoms with Gasteiger partial charge in [-0.15, -0.1) is 0 Å². The highest BCUT2D eigenvalue weighted by Crippen LogP contribution is 2.39. The maximum Gasteiger partial charge on any atom is 0.324 e. The van der Waals surface area contributed by atoms with Crippen molar-refractivity contribution in [2.45, 2.75) is 52.0 Å². The van der Waals surface area contributed by atoms with Gasteiger partial charge < -0.3 is 24.8 Å². The second-order valence-corrected chi connectivity index (χ2v) is 11.4. The van der Waals surface area contributed by atoms with E-state index >= 15 is 4.39 Å². The van der Waals surface area contributed by atoms with Gasteiger partial charge in [0.05, 0.1) is 29.5 Å². The Labute approximate surface area is 248 Å². The van der Waals surface area contributed by atoms with Gasteiger partial charge in [-0.2, -0.15) is 5.10 Å². The average molecular weight is 591 g/mol. The minimum absolute atomic E-state index is 0.0541. The van der Waals surface area contributed by atoms with E-state index in [-0.39, 0.29) is 35.4 Å². The number of halogens is 1. The van der Waals surface area contributed by atoms with Crippen molar-refractivity contribution in [3.8, 4) is 17.2 Å². The molecule has 3 N–H and O–H groups in total. The summed E-state index contributed by atoms with van der Waals surface area (Å²) in [5, 5.41) is 13.5. The van der Waals surface area contributed by atoms with Crippen LogP contribution in [0.2, 0.25) is 0 Å². The number of rotatable bonds is 10. The molecule has 1 aliphatic carbocycles. The third kappa shape index (κ3) is 7.20. The summed E-state index contributed by atoms with van der Waals surface area (Å²) < 4.78 is 33.8. The Morgan fingerprint density at radius 2 is 1.79 bits per heavy atom. The van der Waals surface area contributed by atoms with Crippen LogP contribution in [0.1, 0.15) is 52.3 Å². The standard InChI is InChI=1S/C31H35FN6O5/c1-18(39)34-24-15-21-23(16-27(24)42-13-12-41-5)33-11-10-25(21)43-26-9-6-19(14-22(26)32)35-30(40)36-29-17-28(31(2,3)4)37-38(29)20-7-8-20/h6,9-11,14-17,20H,7-8,12-13H2,1-5H3,(H,34,39)(H2,35,36,40). The van der Waals surface area contributed by atoms with Crippen molar-refractivity contribution < 1.29 is 28.2 Å². The van der Waals surface area contributed by atoms with E-state index in [9.17, 15) is 9.59 Å². The molecule has 43 heavy (non-hydrogen) atoms. The first kappa shape index (κ1) is 29.8. The van der Waals surface area contributed by atoms with E-state index in [4.69, 9.17) is 19.3 Å². The largest absolute Gasteiger partial charge is 0.489 e. The van der Waals surface area contributed by atoms with Crippen LogP contribution in [0.5, 0.6) is 17.2 Å². The number of anilines is 3. The number of benzene rings is 2. The number of ether oxygens (including phenoxy) is 3. The van der Waals surface area contributed by atoms with Crippen LogP contribution in [0.4, 0.5) is 26.4 Å². The molecule has 0 aliphatic heterocycles. The molecule has 0 spiro atoms. The van der Waals surface area contributed by atoms with Crippen LogP contribution in [-0.4, -0.2) is 47.0 Å². The normalized spacial score (nSPS) is 13.1. The number of carbonyl (C=O) groups is 2. The number of fused-ring (bicyclic) bond motifs is 1. The zero-order valence-electron chi connectivity index (χ0n) is 24.8. The van der Waals surface area contributed by atoms with E-state index in [0.717, 1.165) is 18.5 Å². The Balaban J connectivity index is 1.32. The lowest BCUT2D eigenvalue weighted by atomic mass is 9.92. The highest BCUT2D eigenvalue weighted by molar-refractivity contribution is 5.99. The molecular weight excluding hydrogens is 555 g/mol. The molecule has 3 amide bonds. The summed E-state index contributed by atoms with van der Waals surface area (Å²) in [7, 11) is 1.56. The molecule has 0 saturated heterocycles. The SMILES string of the molecule is COCCOc1cc2nccc(Oc3ccc(NC(=O)Nc4cc(C(C)(C)C)nn4C4CC4)cc3F)c2cc1NC(C)=O. The molecule has 0 bridgehead atoms. The number of hydrogen-bond donors (Lipinski definition) is 3. The Hall–Kier alpha value is -4.71. The van der Waals surface area contributed by atoms with Gasteiger partial charge in [-0.1, -0.05) is 20.8 Å². The highest BCUT2D eigenvalue weighted by atomic mass is 19.1. The maximum absolute atomic E-state index is 15.2. The quantitative estimate of drug-likeness (QED) is 0.177. The van der Waals surface area contributed by atoms with Gasteiger partial charge in [-0.25, -0.2) is 13.9 Å². The molecular formula is C31H35FN6O5. The molecule has 226 valence electrons. The molecule has 12 heteroatoms. The molecule has 2 heterocycles. The van der Waals surface area contributed by atoms with Crippen LogP contribution in [0, 0.1) is 5.82 Å². The number of nitrogens with zero attached hydrogens (tertiary/aromatic N) is 3. The molecule has 2 aromatic heterocycles. The molecule has 0 unspecified atom stereocenters. The van der Waals surface area contributed by atoms with Crippen LogP contribution in [0.3, 0.4) is 0 Å². The van der Waals surface area contributed by atoms with Crippen molar-refractivity contribution in [2.24, 2.45) is 0 Å². The number of pyridine rings is 1. The maximum atomic E-state index is 15.2. The minimum Gasteiger partial charge on any atom is -0.489 e. The minimum atomic E-state index is -0.678. The van der Waals surface area contributed by atoms with Crippen LogP contribution in [-0.2, 0) is 14.9 Å². The van der Waals surface area contributed by atoms with Gasteiger partial charge in [0.2, 0.25) is 5.91 Å². The number of aromatic nitrogens is 3. The summed E-state index contributed by atoms with van der Waals surface area (Å²) in [6.07, 6.45) is 3.56. The third-order valence-corrected chi connectivity index (χ3v) is 6.71. The average Bonchev–Trinajstić information content (AvgIpc) is 3.69. The van der Waals surface area contributed by atoms with Gasteiger partial charge in [0.15, 0.2) is 11.6 Å². The van der Waals surface area contributed by atoms with Crippen molar-refractivity contribution in [1.82, 2.24) is 14.8 Å². The number of methoxy groups -OCH3 is 1. The van der Waals surface area contributed by atoms with Crippen LogP contribution < -0.4 is 25.4 Å². The fourth-order valence-electron chi connectivity index (χ4n) is 4.39. The number of amides is 3. The van der Waals surface area contributed by atoms with E-state index in [1.165, 1.54) is 25.3 Å². The Kier molecular flexibility index (Phi) is 8.49. The van der Waals surface area contributed by atoms with Crippen molar-refractivity contribution in [3.05, 3.63) is 60.2 Å². The van der Waals surface area contributed by atoms with E-state index < -0.39 is 11.8 Å². The van der Waals surface area contributed by atoms with Gasteiger partial charge in [0.25, 0.3) is 0 Å². The Bertz CT molecular complexity index is 1660. The lowest BCUT2D eigenvalue weighted by Crippen LogP contribution is -2.21. The first-order chi connectivity index (χ1) is 20.5. The molecule has 0 atom stereocenters. The predicted molar refractivity (Wildman–Crippen MR) is 162 cm³/mol. The van der Waals surface area contributed by atoms with Crippen LogP contribution >= 0.6 is 0 Å². The Morgan fingerprint density at radius 1 is 1.00 bits per heavy atom. The lowest BCUT2D eigenvalue weighted by molar-refractivity contribution is -0.114. The summed E-state index contributed by atoms with van der Waals surface area (Å²) in [6, 6.07) is 10.7. The van der Waals surface area contributed by atoms with Crippen LogP contribution in [0.25, 0.3) is 10.9 Å². The van der Waals surface area contributed by atoms with Crippen molar-refractivity contribution in [1.29, 1.82) is 0 Å². The summed E-state index contributed by atoms with van der Waals surface area (Å²) in [5.41, 5.74) is 1.90. The number of hydrogen-bond acceptors (Lipinski definition) is 7. The second kappa shape index (κ2) is 12.3. The van der Waals surface area contributed by atoms with Gasteiger partial charge in [-0.05, 0) is 37.1 Å². The molecule has 0 radical (unpaired) electrons. The van der Waals surface area contributed by atoms with Gasteiger partial charge in [-0.3, -0.25) is 15.1 Å². The van der Waals surface area contributed by atoms with E-state index in [1.54, 1.807) is 31.4 Å². The summed E-state index contributed by atoms with van der Waals surface area (Å²) in [4.78, 5) is 29.0. The van der Waals surface area contributed by atoms with Gasteiger partial charge in [0.1, 0.15) is 23.9 Å². The fraction of sp³-hybridized carbons (Fsp3) is 0.355. The summed E-state index contributed by atoms with van der Waals surface area (Å²) in [5.74, 6) is 0.316. The van der Waals surface area contributed by atoms with Crippen LogP contribution in [0.15, 0.2) is 48.7 Å². The first-order valence-corrected chi connectivity index (χ1v) is 14.0. The fourth-order valence-corrected chi connectivity index (χ4v) is 4.39. The van der Waals surface area contributed by atoms with E-state index in [1.807, 2.05) is 10.7 Å². The second-order valence-electron chi connectivity index (χ2n) is 11.4. The highest BCUT2D eigenvalue weighted by Gasteiger charge is 2.30. The van der Waals surface area contributed by atoms with Crippen molar-refractivity contribution in [2.75, 3.05) is 36.3 Å². The molecule has 1 aliphatic rings. The Morgan fingerprint density at radius 3 is 2.47 bits per heavy atom. The van der Waals surface area contributed by atoms with E-state index in [0.29, 0.717) is 40.5 Å². The van der Waals surface area contributed by atoms with Gasteiger partial charge in [0, 0.05) is 54.9 Å². The summed E-state index contributed by atoms with van der Waals surface area (Å²) in [6.45, 7) is 8.22. The first-order valence-electron chi connectivity index (χ1n) is 14.0. The molecule has 11 nitrogen and oxygen atoms in total. The lowest BCUT2D eigenvalue weighted by Gasteiger charge is -2.15. The van der Waals surface area contributed by atoms with Gasteiger partial charge >= 0.3 is 6.03 Å². The number of nitrogens with one attached hydrogen (secondary N) is 3. The summed E-state index contributed by atoms with van der Waals surface area (Å²) >= 11 is 0. The molecule has 5 rings (SSSR count). The third-order valence-electron chi connectivity index (χ3n) is 6.71. The predicted octanol–water partition coefficient (Wildman–Crippen LogP) is 6.62. The zero-order valence-corrected chi connectivity index (χ0v) is 24.8. The monoisotopic (exact) mass is 590 g/mol. The number of carbonyl (C=O) groups excluding carboxylic acids is 2. The smallest absolute Gasteiger partial charge is 0.324 e. The zero-order chi connectivity index (χ0) is 30.7. The molecule has 1 fully saturated rings. The number of urea groups is 1. The molecule has 4 aromatic rings. The van der Waals surface area contributed by atoms with Crippen molar-refractivity contribution in [3.63, 3.8) is 0 Å². The van der Waals surface area contributed by atoms with Crippen molar-refractivity contribution >= 4 is 40.0 Å². The molecule has 1 saturated carbocycles.